The summed E-state index contributed by atoms with van der Waals surface area (Å²) in [6.45, 7) is 3.82. The standard InChI is InChI=1S/C13H18N2O/c1-9-7-8-11-5-3-4-6-12(11)15(9)13(16)10(2)14/h3-6,9-10H,7-8,14H2,1-2H3. The number of carbonyl (C=O) groups excluding carboxylic acids is 1. The number of nitrogens with zero attached hydrogens (tertiary/aromatic N) is 1. The topological polar surface area (TPSA) is 46.3 Å². The van der Waals surface area contributed by atoms with E-state index in [4.69, 9.17) is 5.73 Å². The fraction of sp³-hybridized carbons (Fsp3) is 0.462. The average molecular weight is 218 g/mol. The minimum absolute atomic E-state index is 0.0136. The van der Waals surface area contributed by atoms with E-state index >= 15 is 0 Å². The van der Waals surface area contributed by atoms with Crippen LogP contribution in [-0.2, 0) is 11.2 Å². The van der Waals surface area contributed by atoms with Crippen molar-refractivity contribution in [3.8, 4) is 0 Å². The maximum absolute atomic E-state index is 12.1. The summed E-state index contributed by atoms with van der Waals surface area (Å²) in [7, 11) is 0. The van der Waals surface area contributed by atoms with Gasteiger partial charge in [-0.2, -0.15) is 0 Å². The number of rotatable bonds is 1. The van der Waals surface area contributed by atoms with Gasteiger partial charge in [0, 0.05) is 11.7 Å². The number of amides is 1. The normalized spacial score (nSPS) is 21.4. The van der Waals surface area contributed by atoms with Crippen molar-refractivity contribution in [2.45, 2.75) is 38.8 Å². The van der Waals surface area contributed by atoms with Gasteiger partial charge in [-0.05, 0) is 38.3 Å². The zero-order valence-corrected chi connectivity index (χ0v) is 9.81. The van der Waals surface area contributed by atoms with Crippen LogP contribution in [0, 0.1) is 0 Å². The van der Waals surface area contributed by atoms with Crippen LogP contribution in [0.5, 0.6) is 0 Å². The Labute approximate surface area is 96.2 Å². The van der Waals surface area contributed by atoms with Crippen molar-refractivity contribution in [1.29, 1.82) is 0 Å². The molecule has 0 saturated carbocycles. The van der Waals surface area contributed by atoms with E-state index in [0.29, 0.717) is 0 Å². The molecule has 2 rings (SSSR count). The van der Waals surface area contributed by atoms with Gasteiger partial charge in [0.05, 0.1) is 6.04 Å². The molecule has 1 aromatic rings. The van der Waals surface area contributed by atoms with E-state index in [-0.39, 0.29) is 11.9 Å². The zero-order chi connectivity index (χ0) is 11.7. The molecule has 0 aromatic heterocycles. The number of carbonyl (C=O) groups is 1. The summed E-state index contributed by atoms with van der Waals surface area (Å²) in [5.74, 6) is 0.0136. The van der Waals surface area contributed by atoms with Gasteiger partial charge in [-0.3, -0.25) is 4.79 Å². The summed E-state index contributed by atoms with van der Waals surface area (Å²) in [5.41, 5.74) is 7.97. The van der Waals surface area contributed by atoms with Crippen LogP contribution in [-0.4, -0.2) is 18.0 Å². The van der Waals surface area contributed by atoms with Gasteiger partial charge >= 0.3 is 0 Å². The van der Waals surface area contributed by atoms with E-state index in [9.17, 15) is 4.79 Å². The van der Waals surface area contributed by atoms with Gasteiger partial charge in [0.2, 0.25) is 5.91 Å². The smallest absolute Gasteiger partial charge is 0.243 e. The van der Waals surface area contributed by atoms with Gasteiger partial charge < -0.3 is 10.6 Å². The largest absolute Gasteiger partial charge is 0.320 e. The van der Waals surface area contributed by atoms with Crippen LogP contribution in [0.15, 0.2) is 24.3 Å². The van der Waals surface area contributed by atoms with E-state index < -0.39 is 6.04 Å². The molecule has 3 heteroatoms. The molecule has 2 unspecified atom stereocenters. The van der Waals surface area contributed by atoms with Crippen LogP contribution >= 0.6 is 0 Å². The maximum atomic E-state index is 12.1. The summed E-state index contributed by atoms with van der Waals surface area (Å²) < 4.78 is 0. The van der Waals surface area contributed by atoms with Crippen molar-refractivity contribution in [2.24, 2.45) is 5.73 Å². The van der Waals surface area contributed by atoms with Crippen molar-refractivity contribution >= 4 is 11.6 Å². The van der Waals surface area contributed by atoms with Gasteiger partial charge in [-0.1, -0.05) is 18.2 Å². The van der Waals surface area contributed by atoms with E-state index in [2.05, 4.69) is 13.0 Å². The molecule has 16 heavy (non-hydrogen) atoms. The minimum atomic E-state index is -0.436. The van der Waals surface area contributed by atoms with Crippen LogP contribution in [0.2, 0.25) is 0 Å². The second-order valence-electron chi connectivity index (χ2n) is 4.51. The maximum Gasteiger partial charge on any atom is 0.243 e. The molecule has 1 heterocycles. The number of benzene rings is 1. The molecular weight excluding hydrogens is 200 g/mol. The number of para-hydroxylation sites is 1. The lowest BCUT2D eigenvalue weighted by Gasteiger charge is -2.36. The van der Waals surface area contributed by atoms with Crippen molar-refractivity contribution in [3.05, 3.63) is 29.8 Å². The van der Waals surface area contributed by atoms with Crippen molar-refractivity contribution in [2.75, 3.05) is 4.90 Å². The SMILES string of the molecule is CC(N)C(=O)N1c2ccccc2CCC1C. The summed E-state index contributed by atoms with van der Waals surface area (Å²) in [4.78, 5) is 13.9. The molecule has 2 N–H and O–H groups in total. The van der Waals surface area contributed by atoms with Gasteiger partial charge in [0.1, 0.15) is 0 Å². The van der Waals surface area contributed by atoms with E-state index in [0.717, 1.165) is 18.5 Å². The van der Waals surface area contributed by atoms with Gasteiger partial charge in [-0.15, -0.1) is 0 Å². The Bertz CT molecular complexity index is 401. The van der Waals surface area contributed by atoms with E-state index in [1.807, 2.05) is 23.1 Å². The molecule has 1 aliphatic rings. The fourth-order valence-electron chi connectivity index (χ4n) is 2.24. The van der Waals surface area contributed by atoms with Crippen LogP contribution < -0.4 is 10.6 Å². The summed E-state index contributed by atoms with van der Waals surface area (Å²) in [5, 5.41) is 0. The van der Waals surface area contributed by atoms with Gasteiger partial charge in [-0.25, -0.2) is 0 Å². The second kappa shape index (κ2) is 4.26. The number of fused-ring (bicyclic) bond motifs is 1. The zero-order valence-electron chi connectivity index (χ0n) is 9.81. The Kier molecular flexibility index (Phi) is 2.97. The average Bonchev–Trinajstić information content (AvgIpc) is 2.28. The molecule has 2 atom stereocenters. The number of hydrogen-bond donors (Lipinski definition) is 1. The second-order valence-corrected chi connectivity index (χ2v) is 4.51. The Morgan fingerprint density at radius 3 is 2.88 bits per heavy atom. The van der Waals surface area contributed by atoms with Gasteiger partial charge in [0.25, 0.3) is 0 Å². The number of anilines is 1. The van der Waals surface area contributed by atoms with Crippen LogP contribution in [0.4, 0.5) is 5.69 Å². The number of nitrogens with two attached hydrogens (primary N) is 1. The fourth-order valence-corrected chi connectivity index (χ4v) is 2.24. The molecular formula is C13H18N2O. The highest BCUT2D eigenvalue weighted by atomic mass is 16.2. The van der Waals surface area contributed by atoms with Crippen LogP contribution in [0.1, 0.15) is 25.8 Å². The van der Waals surface area contributed by atoms with Crippen molar-refractivity contribution < 1.29 is 4.79 Å². The molecule has 0 spiro atoms. The highest BCUT2D eigenvalue weighted by Gasteiger charge is 2.29. The monoisotopic (exact) mass is 218 g/mol. The number of aryl methyl sites for hydroxylation is 1. The summed E-state index contributed by atoms with van der Waals surface area (Å²) in [6.07, 6.45) is 2.05. The minimum Gasteiger partial charge on any atom is -0.320 e. The third-order valence-electron chi connectivity index (χ3n) is 3.15. The lowest BCUT2D eigenvalue weighted by Crippen LogP contribution is -2.48. The first kappa shape index (κ1) is 11.1. The third-order valence-corrected chi connectivity index (χ3v) is 3.15. The highest BCUT2D eigenvalue weighted by Crippen LogP contribution is 2.30. The first-order chi connectivity index (χ1) is 7.61. The first-order valence-electron chi connectivity index (χ1n) is 5.78. The molecule has 0 saturated heterocycles. The number of hydrogen-bond acceptors (Lipinski definition) is 2. The summed E-state index contributed by atoms with van der Waals surface area (Å²) in [6, 6.07) is 7.89. The van der Waals surface area contributed by atoms with E-state index in [1.165, 1.54) is 5.56 Å². The van der Waals surface area contributed by atoms with Crippen molar-refractivity contribution in [1.82, 2.24) is 0 Å². The quantitative estimate of drug-likeness (QED) is 0.780. The Balaban J connectivity index is 2.40. The van der Waals surface area contributed by atoms with Crippen molar-refractivity contribution in [3.63, 3.8) is 0 Å². The third kappa shape index (κ3) is 1.83. The lowest BCUT2D eigenvalue weighted by atomic mass is 9.96. The molecule has 0 radical (unpaired) electrons. The molecule has 0 aliphatic carbocycles. The first-order valence-corrected chi connectivity index (χ1v) is 5.78. The van der Waals surface area contributed by atoms with Crippen LogP contribution in [0.3, 0.4) is 0 Å². The molecule has 86 valence electrons. The van der Waals surface area contributed by atoms with Gasteiger partial charge in [0.15, 0.2) is 0 Å². The Hall–Kier alpha value is -1.35. The molecule has 1 aromatic carbocycles. The molecule has 1 amide bonds. The summed E-state index contributed by atoms with van der Waals surface area (Å²) >= 11 is 0. The molecule has 1 aliphatic heterocycles. The molecule has 0 bridgehead atoms. The Morgan fingerprint density at radius 2 is 2.19 bits per heavy atom. The highest BCUT2D eigenvalue weighted by molar-refractivity contribution is 5.98. The lowest BCUT2D eigenvalue weighted by molar-refractivity contribution is -0.120. The predicted octanol–water partition coefficient (Wildman–Crippen LogP) is 1.70. The molecule has 0 fully saturated rings. The van der Waals surface area contributed by atoms with Crippen LogP contribution in [0.25, 0.3) is 0 Å². The predicted molar refractivity (Wildman–Crippen MR) is 65.4 cm³/mol. The molecule has 3 nitrogen and oxygen atoms in total. The van der Waals surface area contributed by atoms with E-state index in [1.54, 1.807) is 6.92 Å². The Morgan fingerprint density at radius 1 is 1.50 bits per heavy atom.